The molecule has 1 aliphatic heterocycles. The third kappa shape index (κ3) is 6.06. The Labute approximate surface area is 318 Å². The van der Waals surface area contributed by atoms with Gasteiger partial charge in [0.1, 0.15) is 5.82 Å². The Morgan fingerprint density at radius 1 is 0.943 bits per heavy atom. The molecule has 7 rings (SSSR count). The van der Waals surface area contributed by atoms with E-state index in [-0.39, 0.29) is 50.1 Å². The summed E-state index contributed by atoms with van der Waals surface area (Å²) in [5.74, 6) is 1.77. The number of nitrogens with one attached hydrogen (secondary N) is 1. The lowest BCUT2D eigenvalue weighted by molar-refractivity contribution is -0.227. The zero-order valence-electron chi connectivity index (χ0n) is 33.4. The molecule has 0 unspecified atom stereocenters. The van der Waals surface area contributed by atoms with Gasteiger partial charge in [-0.05, 0) is 151 Å². The Balaban J connectivity index is 1.12. The number of carbonyl (C=O) groups excluding carboxylic acids is 1. The molecular formula is C44H65FN2O5S. The topological polar surface area (TPSA) is 104 Å². The average molecular weight is 753 g/mol. The van der Waals surface area contributed by atoms with E-state index in [1.165, 1.54) is 25.0 Å². The molecule has 0 bridgehead atoms. The van der Waals surface area contributed by atoms with Gasteiger partial charge in [-0.3, -0.25) is 4.79 Å². The van der Waals surface area contributed by atoms with Crippen molar-refractivity contribution in [3.63, 3.8) is 0 Å². The van der Waals surface area contributed by atoms with Gasteiger partial charge >= 0.3 is 5.97 Å². The van der Waals surface area contributed by atoms with Gasteiger partial charge in [-0.25, -0.2) is 17.6 Å². The van der Waals surface area contributed by atoms with Crippen molar-refractivity contribution >= 4 is 27.3 Å². The number of hydrogen-bond donors (Lipinski definition) is 2. The van der Waals surface area contributed by atoms with Crippen molar-refractivity contribution in [3.05, 3.63) is 41.2 Å². The van der Waals surface area contributed by atoms with Gasteiger partial charge in [0.2, 0.25) is 5.91 Å². The number of hydrogen-bond acceptors (Lipinski definition) is 5. The molecule has 4 saturated carbocycles. The van der Waals surface area contributed by atoms with Crippen molar-refractivity contribution in [2.24, 2.45) is 62.6 Å². The fourth-order valence-electron chi connectivity index (χ4n) is 14.4. The molecule has 0 aromatic heterocycles. The SMILES string of the molecule is CC(C)[C@@H]1CC[C@]2(C(=O)NCCCN3CCS(=O)(=O)CC3)CC[C@]3(C)[C@H](CC[C@@H]4[C@@]5(C)CC=C(c6ccc(C(=O)O)c(F)c6)C(C)(C)[C@@H]5CC[C@]43C)[C@@H]12. The van der Waals surface area contributed by atoms with E-state index in [1.54, 1.807) is 6.07 Å². The lowest BCUT2D eigenvalue weighted by Crippen LogP contribution is -2.66. The summed E-state index contributed by atoms with van der Waals surface area (Å²) in [6.45, 7) is 19.8. The smallest absolute Gasteiger partial charge is 0.338 e. The molecule has 1 aromatic rings. The van der Waals surface area contributed by atoms with Crippen LogP contribution in [0.5, 0.6) is 0 Å². The van der Waals surface area contributed by atoms with E-state index in [2.05, 4.69) is 64.8 Å². The predicted molar refractivity (Wildman–Crippen MR) is 208 cm³/mol. The minimum atomic E-state index is -2.90. The third-order valence-corrected chi connectivity index (χ3v) is 18.9. The van der Waals surface area contributed by atoms with Crippen LogP contribution in [0.15, 0.2) is 24.3 Å². The van der Waals surface area contributed by atoms with Crippen LogP contribution < -0.4 is 5.32 Å². The molecule has 7 nitrogen and oxygen atoms in total. The van der Waals surface area contributed by atoms with Crippen LogP contribution in [0.25, 0.3) is 5.57 Å². The molecule has 1 heterocycles. The molecule has 9 heteroatoms. The summed E-state index contributed by atoms with van der Waals surface area (Å²) in [7, 11) is -2.90. The molecule has 1 aromatic carbocycles. The number of fused-ring (bicyclic) bond motifs is 7. The van der Waals surface area contributed by atoms with Crippen molar-refractivity contribution in [1.29, 1.82) is 0 Å². The molecule has 1 saturated heterocycles. The standard InChI is InChI=1S/C44H65FN2O5S/c1-28(2)30-13-18-44(39(50)46-21-8-22-47-23-25-53(51,52)26-24-47)20-19-42(6)33(37(30)44)11-12-36-41(5)16-14-32(29-9-10-31(38(48)49)34(45)27-29)40(3,4)35(41)15-17-43(36,42)7/h9-10,14,27-28,30,33,35-37H,8,11-13,15-26H2,1-7H3,(H,46,50)(H,48,49)/t30-,33+,35-,36+,37+,41-,42+,43+,44-/m0/s1. The van der Waals surface area contributed by atoms with Gasteiger partial charge in [-0.15, -0.1) is 0 Å². The van der Waals surface area contributed by atoms with Crippen molar-refractivity contribution in [2.75, 3.05) is 37.7 Å². The first-order chi connectivity index (χ1) is 24.8. The monoisotopic (exact) mass is 752 g/mol. The van der Waals surface area contributed by atoms with E-state index in [9.17, 15) is 27.5 Å². The largest absolute Gasteiger partial charge is 0.478 e. The number of nitrogens with zero attached hydrogens (tertiary/aromatic N) is 1. The fraction of sp³-hybridized carbons (Fsp3) is 0.773. The Bertz CT molecular complexity index is 1760. The van der Waals surface area contributed by atoms with Gasteiger partial charge in [0, 0.05) is 19.6 Å². The maximum atomic E-state index is 15.0. The summed E-state index contributed by atoms with van der Waals surface area (Å²) >= 11 is 0. The van der Waals surface area contributed by atoms with Crippen molar-refractivity contribution in [1.82, 2.24) is 10.2 Å². The number of carboxylic acids is 1. The van der Waals surface area contributed by atoms with E-state index in [0.29, 0.717) is 55.1 Å². The summed E-state index contributed by atoms with van der Waals surface area (Å²) in [6.07, 6.45) is 12.9. The number of allylic oxidation sites excluding steroid dienone is 2. The van der Waals surface area contributed by atoms with Crippen LogP contribution in [-0.2, 0) is 14.6 Å². The molecule has 9 atom stereocenters. The average Bonchev–Trinajstić information content (AvgIpc) is 3.48. The Morgan fingerprint density at radius 2 is 1.66 bits per heavy atom. The molecule has 6 aliphatic rings. The molecule has 5 fully saturated rings. The lowest BCUT2D eigenvalue weighted by atomic mass is 9.32. The van der Waals surface area contributed by atoms with Gasteiger partial charge < -0.3 is 15.3 Å². The summed E-state index contributed by atoms with van der Waals surface area (Å²) < 4.78 is 38.7. The highest BCUT2D eigenvalue weighted by Crippen LogP contribution is 2.77. The van der Waals surface area contributed by atoms with Crippen molar-refractivity contribution in [3.8, 4) is 0 Å². The second kappa shape index (κ2) is 13.4. The Kier molecular flexibility index (Phi) is 9.89. The number of aromatic carboxylic acids is 1. The highest BCUT2D eigenvalue weighted by molar-refractivity contribution is 7.91. The normalized spacial score (nSPS) is 40.3. The molecule has 1 amide bonds. The Hall–Kier alpha value is -2.26. The van der Waals surface area contributed by atoms with Crippen LogP contribution in [0.4, 0.5) is 4.39 Å². The fourth-order valence-corrected chi connectivity index (χ4v) is 15.7. The quantitative estimate of drug-likeness (QED) is 0.258. The lowest BCUT2D eigenvalue weighted by Gasteiger charge is -2.72. The van der Waals surface area contributed by atoms with Crippen molar-refractivity contribution < 1.29 is 27.5 Å². The summed E-state index contributed by atoms with van der Waals surface area (Å²) in [5, 5.41) is 12.9. The zero-order valence-corrected chi connectivity index (χ0v) is 34.2. The summed E-state index contributed by atoms with van der Waals surface area (Å²) in [6, 6.07) is 4.64. The number of halogens is 1. The first kappa shape index (κ1) is 39.0. The number of carbonyl (C=O) groups is 2. The number of benzene rings is 1. The minimum Gasteiger partial charge on any atom is -0.478 e. The van der Waals surface area contributed by atoms with Crippen LogP contribution in [0.3, 0.4) is 0 Å². The zero-order chi connectivity index (χ0) is 38.4. The molecule has 0 spiro atoms. The first-order valence-corrected chi connectivity index (χ1v) is 22.6. The van der Waals surface area contributed by atoms with Gasteiger partial charge in [0.25, 0.3) is 0 Å². The molecule has 0 radical (unpaired) electrons. The highest BCUT2D eigenvalue weighted by atomic mass is 32.2. The molecule has 2 N–H and O–H groups in total. The summed E-state index contributed by atoms with van der Waals surface area (Å²) in [5.41, 5.74) is 1.53. The van der Waals surface area contributed by atoms with Crippen LogP contribution in [0.1, 0.15) is 129 Å². The van der Waals surface area contributed by atoms with Gasteiger partial charge in [0.05, 0.1) is 22.5 Å². The minimum absolute atomic E-state index is 0.0884. The molecule has 294 valence electrons. The number of carboxylic acid groups (broad SMARTS) is 1. The molecular weight excluding hydrogens is 688 g/mol. The van der Waals surface area contributed by atoms with Crippen molar-refractivity contribution in [2.45, 2.75) is 113 Å². The van der Waals surface area contributed by atoms with Gasteiger partial charge in [-0.2, -0.15) is 0 Å². The van der Waals surface area contributed by atoms with E-state index >= 15 is 0 Å². The third-order valence-electron chi connectivity index (χ3n) is 17.3. The van der Waals surface area contributed by atoms with E-state index in [4.69, 9.17) is 0 Å². The van der Waals surface area contributed by atoms with Crippen LogP contribution in [0.2, 0.25) is 0 Å². The Morgan fingerprint density at radius 3 is 2.32 bits per heavy atom. The number of rotatable bonds is 8. The predicted octanol–water partition coefficient (Wildman–Crippen LogP) is 8.49. The number of amides is 1. The van der Waals surface area contributed by atoms with Crippen LogP contribution in [-0.4, -0.2) is 68.0 Å². The highest BCUT2D eigenvalue weighted by Gasteiger charge is 2.71. The molecule has 5 aliphatic carbocycles. The maximum Gasteiger partial charge on any atom is 0.338 e. The van der Waals surface area contributed by atoms with E-state index in [0.717, 1.165) is 69.0 Å². The first-order valence-electron chi connectivity index (χ1n) is 20.8. The second-order valence-electron chi connectivity index (χ2n) is 19.9. The van der Waals surface area contributed by atoms with Crippen LogP contribution in [0, 0.1) is 68.4 Å². The second-order valence-corrected chi connectivity index (χ2v) is 22.2. The maximum absolute atomic E-state index is 15.0. The van der Waals surface area contributed by atoms with Gasteiger partial charge in [0.15, 0.2) is 9.84 Å². The van der Waals surface area contributed by atoms with Crippen LogP contribution >= 0.6 is 0 Å². The summed E-state index contributed by atoms with van der Waals surface area (Å²) in [4.78, 5) is 28.3. The van der Waals surface area contributed by atoms with E-state index < -0.39 is 21.6 Å². The van der Waals surface area contributed by atoms with Gasteiger partial charge in [-0.1, -0.05) is 60.6 Å². The molecule has 53 heavy (non-hydrogen) atoms. The number of sulfone groups is 1. The van der Waals surface area contributed by atoms with E-state index in [1.807, 2.05) is 0 Å².